The van der Waals surface area contributed by atoms with Gasteiger partial charge in [-0.05, 0) is 33.3 Å². The number of aryl methyl sites for hydroxylation is 4. The first-order valence-electron chi connectivity index (χ1n) is 7.72. The minimum atomic E-state index is 0.139. The molecule has 6 nitrogen and oxygen atoms in total. The van der Waals surface area contributed by atoms with Crippen LogP contribution in [0.25, 0.3) is 0 Å². The molecule has 0 aromatic carbocycles. The molecule has 0 aliphatic carbocycles. The Labute approximate surface area is 130 Å². The van der Waals surface area contributed by atoms with Crippen molar-refractivity contribution in [3.05, 3.63) is 35.2 Å². The van der Waals surface area contributed by atoms with Crippen molar-refractivity contribution in [2.75, 3.05) is 13.1 Å². The summed E-state index contributed by atoms with van der Waals surface area (Å²) >= 11 is 0. The van der Waals surface area contributed by atoms with Crippen molar-refractivity contribution in [1.29, 1.82) is 0 Å². The zero-order valence-corrected chi connectivity index (χ0v) is 13.7. The minimum Gasteiger partial charge on any atom is -0.340 e. The van der Waals surface area contributed by atoms with Gasteiger partial charge in [0.05, 0.1) is 11.4 Å². The van der Waals surface area contributed by atoms with Crippen molar-refractivity contribution in [3.8, 4) is 0 Å². The maximum Gasteiger partial charge on any atom is 0.244 e. The fraction of sp³-hybridized carbons (Fsp3) is 0.562. The van der Waals surface area contributed by atoms with Crippen LogP contribution in [-0.4, -0.2) is 43.2 Å². The van der Waals surface area contributed by atoms with Crippen LogP contribution >= 0.6 is 0 Å². The molecular formula is C16H23N5O. The van der Waals surface area contributed by atoms with Gasteiger partial charge in [-0.1, -0.05) is 0 Å². The molecule has 2 aromatic heterocycles. The van der Waals surface area contributed by atoms with Gasteiger partial charge in [0.2, 0.25) is 5.91 Å². The fourth-order valence-corrected chi connectivity index (χ4v) is 3.27. The summed E-state index contributed by atoms with van der Waals surface area (Å²) in [5.74, 6) is 1.56. The summed E-state index contributed by atoms with van der Waals surface area (Å²) in [7, 11) is 2.02. The molecule has 1 atom stereocenters. The Morgan fingerprint density at radius 1 is 1.32 bits per heavy atom. The van der Waals surface area contributed by atoms with Gasteiger partial charge in [0, 0.05) is 37.9 Å². The van der Waals surface area contributed by atoms with E-state index in [0.717, 1.165) is 42.4 Å². The molecule has 0 bridgehead atoms. The summed E-state index contributed by atoms with van der Waals surface area (Å²) in [4.78, 5) is 19.0. The van der Waals surface area contributed by atoms with Crippen LogP contribution in [-0.2, 0) is 18.4 Å². The summed E-state index contributed by atoms with van der Waals surface area (Å²) < 4.78 is 3.87. The van der Waals surface area contributed by atoms with E-state index in [2.05, 4.69) is 14.6 Å². The average molecular weight is 301 g/mol. The topological polar surface area (TPSA) is 56.0 Å². The SMILES string of the molecule is Cc1cn(C)c(C2CCN(C(=O)Cn3nc(C)cc3C)C2)n1. The average Bonchev–Trinajstić information content (AvgIpc) is 3.10. The second-order valence-electron chi connectivity index (χ2n) is 6.26. The summed E-state index contributed by atoms with van der Waals surface area (Å²) in [5, 5.41) is 4.37. The van der Waals surface area contributed by atoms with E-state index in [1.807, 2.05) is 45.0 Å². The molecule has 22 heavy (non-hydrogen) atoms. The molecule has 1 aliphatic heterocycles. The molecule has 1 amide bonds. The van der Waals surface area contributed by atoms with Gasteiger partial charge in [-0.15, -0.1) is 0 Å². The van der Waals surface area contributed by atoms with Gasteiger partial charge in [0.15, 0.2) is 0 Å². The van der Waals surface area contributed by atoms with Gasteiger partial charge < -0.3 is 9.47 Å². The molecule has 1 fully saturated rings. The molecule has 0 N–H and O–H groups in total. The highest BCUT2D eigenvalue weighted by Crippen LogP contribution is 2.26. The van der Waals surface area contributed by atoms with Crippen LogP contribution in [0.1, 0.15) is 35.2 Å². The van der Waals surface area contributed by atoms with Crippen LogP contribution in [0, 0.1) is 20.8 Å². The fourth-order valence-electron chi connectivity index (χ4n) is 3.27. The number of carbonyl (C=O) groups is 1. The molecule has 1 aliphatic rings. The van der Waals surface area contributed by atoms with Gasteiger partial charge in [-0.3, -0.25) is 9.48 Å². The molecule has 2 aromatic rings. The monoisotopic (exact) mass is 301 g/mol. The normalized spacial score (nSPS) is 18.2. The molecule has 118 valence electrons. The third-order valence-electron chi connectivity index (χ3n) is 4.33. The van der Waals surface area contributed by atoms with Crippen molar-refractivity contribution < 1.29 is 4.79 Å². The molecule has 0 saturated carbocycles. The van der Waals surface area contributed by atoms with Gasteiger partial charge in [-0.25, -0.2) is 4.98 Å². The summed E-state index contributed by atoms with van der Waals surface area (Å²) in [6, 6.07) is 2.00. The van der Waals surface area contributed by atoms with Crippen molar-refractivity contribution in [2.45, 2.75) is 39.7 Å². The number of hydrogen-bond donors (Lipinski definition) is 0. The van der Waals surface area contributed by atoms with E-state index in [-0.39, 0.29) is 5.91 Å². The number of imidazole rings is 1. The molecule has 0 radical (unpaired) electrons. The van der Waals surface area contributed by atoms with E-state index in [1.165, 1.54) is 0 Å². The lowest BCUT2D eigenvalue weighted by Crippen LogP contribution is -2.32. The van der Waals surface area contributed by atoms with Crippen LogP contribution in [0.3, 0.4) is 0 Å². The van der Waals surface area contributed by atoms with Gasteiger partial charge in [0.25, 0.3) is 0 Å². The zero-order chi connectivity index (χ0) is 15.9. The summed E-state index contributed by atoms with van der Waals surface area (Å²) in [6.45, 7) is 7.81. The molecular weight excluding hydrogens is 278 g/mol. The van der Waals surface area contributed by atoms with Crippen molar-refractivity contribution in [1.82, 2.24) is 24.2 Å². The first-order valence-corrected chi connectivity index (χ1v) is 7.72. The highest BCUT2D eigenvalue weighted by Gasteiger charge is 2.30. The predicted molar refractivity (Wildman–Crippen MR) is 83.6 cm³/mol. The Bertz CT molecular complexity index is 699. The van der Waals surface area contributed by atoms with E-state index >= 15 is 0 Å². The molecule has 6 heteroatoms. The van der Waals surface area contributed by atoms with E-state index in [4.69, 9.17) is 0 Å². The van der Waals surface area contributed by atoms with Gasteiger partial charge in [0.1, 0.15) is 12.4 Å². The number of likely N-dealkylation sites (tertiary alicyclic amines) is 1. The maximum absolute atomic E-state index is 12.5. The summed E-state index contributed by atoms with van der Waals surface area (Å²) in [5.41, 5.74) is 3.01. The lowest BCUT2D eigenvalue weighted by molar-refractivity contribution is -0.131. The quantitative estimate of drug-likeness (QED) is 0.864. The van der Waals surface area contributed by atoms with Gasteiger partial charge in [-0.2, -0.15) is 5.10 Å². The minimum absolute atomic E-state index is 0.139. The highest BCUT2D eigenvalue weighted by atomic mass is 16.2. The molecule has 1 saturated heterocycles. The second-order valence-corrected chi connectivity index (χ2v) is 6.26. The molecule has 1 unspecified atom stereocenters. The second kappa shape index (κ2) is 5.59. The Morgan fingerprint density at radius 2 is 2.09 bits per heavy atom. The number of amides is 1. The number of carbonyl (C=O) groups excluding carboxylic acids is 1. The van der Waals surface area contributed by atoms with Crippen LogP contribution in [0.4, 0.5) is 0 Å². The van der Waals surface area contributed by atoms with Crippen molar-refractivity contribution in [3.63, 3.8) is 0 Å². The summed E-state index contributed by atoms with van der Waals surface area (Å²) in [6.07, 6.45) is 3.02. The van der Waals surface area contributed by atoms with E-state index in [0.29, 0.717) is 12.5 Å². The van der Waals surface area contributed by atoms with Crippen LogP contribution < -0.4 is 0 Å². The Morgan fingerprint density at radius 3 is 2.68 bits per heavy atom. The molecule has 3 heterocycles. The predicted octanol–water partition coefficient (Wildman–Crippen LogP) is 1.56. The van der Waals surface area contributed by atoms with E-state index < -0.39 is 0 Å². The third-order valence-corrected chi connectivity index (χ3v) is 4.33. The van der Waals surface area contributed by atoms with E-state index in [1.54, 1.807) is 4.68 Å². The standard InChI is InChI=1S/C16H23N5O/c1-11-7-13(3)21(18-11)10-15(22)20-6-5-14(9-20)16-17-12(2)8-19(16)4/h7-8,14H,5-6,9-10H2,1-4H3. The Kier molecular flexibility index (Phi) is 3.76. The smallest absolute Gasteiger partial charge is 0.244 e. The third kappa shape index (κ3) is 2.77. The van der Waals surface area contributed by atoms with Gasteiger partial charge >= 0.3 is 0 Å². The largest absolute Gasteiger partial charge is 0.340 e. The van der Waals surface area contributed by atoms with Crippen molar-refractivity contribution in [2.24, 2.45) is 7.05 Å². The lowest BCUT2D eigenvalue weighted by atomic mass is 10.1. The number of nitrogens with zero attached hydrogens (tertiary/aromatic N) is 5. The zero-order valence-electron chi connectivity index (χ0n) is 13.7. The Hall–Kier alpha value is -2.11. The molecule has 3 rings (SSSR count). The first-order chi connectivity index (χ1) is 10.4. The van der Waals surface area contributed by atoms with Crippen LogP contribution in [0.15, 0.2) is 12.3 Å². The van der Waals surface area contributed by atoms with Crippen LogP contribution in [0.5, 0.6) is 0 Å². The van der Waals surface area contributed by atoms with E-state index in [9.17, 15) is 4.79 Å². The number of hydrogen-bond acceptors (Lipinski definition) is 3. The Balaban J connectivity index is 1.66. The molecule has 0 spiro atoms. The van der Waals surface area contributed by atoms with Crippen LogP contribution in [0.2, 0.25) is 0 Å². The number of aromatic nitrogens is 4. The number of rotatable bonds is 3. The first kappa shape index (κ1) is 14.8. The van der Waals surface area contributed by atoms with Crippen molar-refractivity contribution >= 4 is 5.91 Å². The lowest BCUT2D eigenvalue weighted by Gasteiger charge is -2.17. The maximum atomic E-state index is 12.5. The highest BCUT2D eigenvalue weighted by molar-refractivity contribution is 5.76.